The number of nitrogens with zero attached hydrogens (tertiary/aromatic N) is 1. The van der Waals surface area contributed by atoms with E-state index in [0.717, 1.165) is 51.2 Å². The molecule has 0 saturated carbocycles. The highest BCUT2D eigenvalue weighted by Gasteiger charge is 2.26. The van der Waals surface area contributed by atoms with Gasteiger partial charge in [-0.2, -0.15) is 0 Å². The van der Waals surface area contributed by atoms with Gasteiger partial charge in [0.15, 0.2) is 0 Å². The molecule has 110 valence electrons. The Morgan fingerprint density at radius 2 is 2.00 bits per heavy atom. The quantitative estimate of drug-likeness (QED) is 0.845. The standard InChI is InChI=1S/C15H28N2O2/c1-12-5-9-17(13(2)11-12)15(18)6-10-19-14-3-7-16-8-4-14/h12-14,16H,3-11H2,1-2H3. The molecule has 2 heterocycles. The summed E-state index contributed by atoms with van der Waals surface area (Å²) in [5, 5.41) is 3.32. The smallest absolute Gasteiger partial charge is 0.225 e. The van der Waals surface area contributed by atoms with E-state index >= 15 is 0 Å². The summed E-state index contributed by atoms with van der Waals surface area (Å²) in [6, 6.07) is 0.398. The van der Waals surface area contributed by atoms with Crippen LogP contribution in [0, 0.1) is 5.92 Å². The van der Waals surface area contributed by atoms with E-state index in [1.54, 1.807) is 0 Å². The topological polar surface area (TPSA) is 41.6 Å². The molecule has 0 aromatic heterocycles. The van der Waals surface area contributed by atoms with Crippen LogP contribution in [0.1, 0.15) is 46.0 Å². The largest absolute Gasteiger partial charge is 0.378 e. The molecule has 4 heteroatoms. The molecule has 2 saturated heterocycles. The van der Waals surface area contributed by atoms with Crippen LogP contribution >= 0.6 is 0 Å². The molecule has 19 heavy (non-hydrogen) atoms. The van der Waals surface area contributed by atoms with Crippen LogP contribution in [0.15, 0.2) is 0 Å². The molecule has 2 unspecified atom stereocenters. The highest BCUT2D eigenvalue weighted by Crippen LogP contribution is 2.22. The number of likely N-dealkylation sites (tertiary alicyclic amines) is 1. The van der Waals surface area contributed by atoms with Gasteiger partial charge in [-0.25, -0.2) is 0 Å². The van der Waals surface area contributed by atoms with Gasteiger partial charge in [0.1, 0.15) is 0 Å². The number of piperidine rings is 2. The zero-order valence-corrected chi connectivity index (χ0v) is 12.4. The molecular weight excluding hydrogens is 240 g/mol. The van der Waals surface area contributed by atoms with E-state index in [9.17, 15) is 4.79 Å². The molecule has 2 atom stereocenters. The lowest BCUT2D eigenvalue weighted by atomic mass is 9.93. The number of amides is 1. The molecule has 0 aromatic carbocycles. The van der Waals surface area contributed by atoms with Gasteiger partial charge in [-0.3, -0.25) is 4.79 Å². The van der Waals surface area contributed by atoms with Crippen LogP contribution in [-0.4, -0.2) is 49.2 Å². The Kier molecular flexibility index (Phi) is 5.64. The van der Waals surface area contributed by atoms with Crippen molar-refractivity contribution in [2.75, 3.05) is 26.2 Å². The average molecular weight is 268 g/mol. The summed E-state index contributed by atoms with van der Waals surface area (Å²) in [4.78, 5) is 14.2. The minimum absolute atomic E-state index is 0.272. The minimum atomic E-state index is 0.272. The molecule has 2 rings (SSSR count). The van der Waals surface area contributed by atoms with Gasteiger partial charge in [-0.15, -0.1) is 0 Å². The molecule has 2 aliphatic heterocycles. The molecule has 0 aromatic rings. The second-order valence-electron chi connectivity index (χ2n) is 6.14. The Balaban J connectivity index is 1.66. The number of rotatable bonds is 4. The van der Waals surface area contributed by atoms with Crippen molar-refractivity contribution in [3.8, 4) is 0 Å². The normalized spacial score (nSPS) is 29.5. The van der Waals surface area contributed by atoms with Crippen molar-refractivity contribution < 1.29 is 9.53 Å². The lowest BCUT2D eigenvalue weighted by Crippen LogP contribution is -2.44. The molecule has 0 spiro atoms. The molecule has 1 N–H and O–H groups in total. The fourth-order valence-electron chi connectivity index (χ4n) is 3.20. The maximum Gasteiger partial charge on any atom is 0.225 e. The first-order chi connectivity index (χ1) is 9.16. The van der Waals surface area contributed by atoms with Gasteiger partial charge in [0.2, 0.25) is 5.91 Å². The van der Waals surface area contributed by atoms with Crippen molar-refractivity contribution in [2.24, 2.45) is 5.92 Å². The minimum Gasteiger partial charge on any atom is -0.378 e. The fourth-order valence-corrected chi connectivity index (χ4v) is 3.20. The summed E-state index contributed by atoms with van der Waals surface area (Å²) < 4.78 is 5.81. The van der Waals surface area contributed by atoms with Crippen LogP contribution in [0.3, 0.4) is 0 Å². The predicted molar refractivity (Wildman–Crippen MR) is 76.0 cm³/mol. The van der Waals surface area contributed by atoms with Gasteiger partial charge in [0, 0.05) is 12.6 Å². The third-order valence-corrected chi connectivity index (χ3v) is 4.41. The fraction of sp³-hybridized carbons (Fsp3) is 0.933. The number of hydrogen-bond acceptors (Lipinski definition) is 3. The molecule has 1 amide bonds. The van der Waals surface area contributed by atoms with Crippen molar-refractivity contribution in [3.05, 3.63) is 0 Å². The van der Waals surface area contributed by atoms with E-state index in [-0.39, 0.29) is 5.91 Å². The molecule has 0 aliphatic carbocycles. The maximum atomic E-state index is 12.2. The number of carbonyl (C=O) groups excluding carboxylic acids is 1. The number of carbonyl (C=O) groups is 1. The first-order valence-corrected chi connectivity index (χ1v) is 7.78. The van der Waals surface area contributed by atoms with Crippen molar-refractivity contribution in [1.82, 2.24) is 10.2 Å². The van der Waals surface area contributed by atoms with Gasteiger partial charge in [-0.1, -0.05) is 6.92 Å². The zero-order chi connectivity index (χ0) is 13.7. The number of hydrogen-bond donors (Lipinski definition) is 1. The summed E-state index contributed by atoms with van der Waals surface area (Å²) in [7, 11) is 0. The second kappa shape index (κ2) is 7.25. The van der Waals surface area contributed by atoms with Gasteiger partial charge < -0.3 is 15.0 Å². The third kappa shape index (κ3) is 4.46. The first kappa shape index (κ1) is 14.8. The van der Waals surface area contributed by atoms with Gasteiger partial charge >= 0.3 is 0 Å². The van der Waals surface area contributed by atoms with Crippen LogP contribution < -0.4 is 5.32 Å². The SMILES string of the molecule is CC1CCN(C(=O)CCOC2CCNCC2)C(C)C1. The summed E-state index contributed by atoms with van der Waals surface area (Å²) in [5.41, 5.74) is 0. The Morgan fingerprint density at radius 3 is 2.68 bits per heavy atom. The van der Waals surface area contributed by atoms with Gasteiger partial charge in [-0.05, 0) is 51.6 Å². The van der Waals surface area contributed by atoms with E-state index in [1.165, 1.54) is 0 Å². The lowest BCUT2D eigenvalue weighted by molar-refractivity contribution is -0.136. The molecule has 0 bridgehead atoms. The summed E-state index contributed by atoms with van der Waals surface area (Å²) in [6.45, 7) is 8.04. The second-order valence-corrected chi connectivity index (χ2v) is 6.14. The van der Waals surface area contributed by atoms with E-state index in [1.807, 2.05) is 4.90 Å². The van der Waals surface area contributed by atoms with Crippen LogP contribution in [0.25, 0.3) is 0 Å². The molecule has 0 radical (unpaired) electrons. The lowest BCUT2D eigenvalue weighted by Gasteiger charge is -2.36. The Morgan fingerprint density at radius 1 is 1.26 bits per heavy atom. The zero-order valence-electron chi connectivity index (χ0n) is 12.4. The van der Waals surface area contributed by atoms with Crippen molar-refractivity contribution in [1.29, 1.82) is 0 Å². The van der Waals surface area contributed by atoms with Crippen LogP contribution in [0.2, 0.25) is 0 Å². The molecule has 2 aliphatic rings. The highest BCUT2D eigenvalue weighted by atomic mass is 16.5. The maximum absolute atomic E-state index is 12.2. The summed E-state index contributed by atoms with van der Waals surface area (Å²) in [6.07, 6.45) is 5.33. The molecular formula is C15H28N2O2. The highest BCUT2D eigenvalue weighted by molar-refractivity contribution is 5.76. The van der Waals surface area contributed by atoms with Crippen LogP contribution in [-0.2, 0) is 9.53 Å². The molecule has 2 fully saturated rings. The van der Waals surface area contributed by atoms with E-state index in [4.69, 9.17) is 4.74 Å². The van der Waals surface area contributed by atoms with Gasteiger partial charge in [0.25, 0.3) is 0 Å². The Hall–Kier alpha value is -0.610. The van der Waals surface area contributed by atoms with Crippen LogP contribution in [0.4, 0.5) is 0 Å². The van der Waals surface area contributed by atoms with E-state index < -0.39 is 0 Å². The Labute approximate surface area is 116 Å². The third-order valence-electron chi connectivity index (χ3n) is 4.41. The van der Waals surface area contributed by atoms with Crippen molar-refractivity contribution >= 4 is 5.91 Å². The summed E-state index contributed by atoms with van der Waals surface area (Å²) >= 11 is 0. The van der Waals surface area contributed by atoms with E-state index in [0.29, 0.717) is 25.2 Å². The predicted octanol–water partition coefficient (Wildman–Crippen LogP) is 1.79. The number of ether oxygens (including phenoxy) is 1. The van der Waals surface area contributed by atoms with Crippen molar-refractivity contribution in [2.45, 2.75) is 58.1 Å². The molecule has 4 nitrogen and oxygen atoms in total. The monoisotopic (exact) mass is 268 g/mol. The van der Waals surface area contributed by atoms with Gasteiger partial charge in [0.05, 0.1) is 19.1 Å². The average Bonchev–Trinajstić information content (AvgIpc) is 2.39. The van der Waals surface area contributed by atoms with E-state index in [2.05, 4.69) is 19.2 Å². The number of nitrogens with one attached hydrogen (secondary N) is 1. The van der Waals surface area contributed by atoms with Crippen molar-refractivity contribution in [3.63, 3.8) is 0 Å². The summed E-state index contributed by atoms with van der Waals surface area (Å²) in [5.74, 6) is 1.03. The first-order valence-electron chi connectivity index (χ1n) is 7.78. The van der Waals surface area contributed by atoms with Crippen LogP contribution in [0.5, 0.6) is 0 Å². The Bertz CT molecular complexity index is 290.